The third kappa shape index (κ3) is 3.85. The quantitative estimate of drug-likeness (QED) is 0.541. The molecule has 5 heteroatoms. The number of hydrogen-bond acceptors (Lipinski definition) is 4. The summed E-state index contributed by atoms with van der Waals surface area (Å²) in [5.41, 5.74) is -0.0920. The molecule has 0 aliphatic rings. The average Bonchev–Trinajstić information content (AvgIpc) is 2.26. The van der Waals surface area contributed by atoms with E-state index in [9.17, 15) is 9.59 Å². The lowest BCUT2D eigenvalue weighted by atomic mass is 10.5. The summed E-state index contributed by atoms with van der Waals surface area (Å²) in [5.74, 6) is -1.12. The van der Waals surface area contributed by atoms with Crippen molar-refractivity contribution >= 4 is 20.5 Å². The van der Waals surface area contributed by atoms with Crippen molar-refractivity contribution in [3.63, 3.8) is 0 Å². The van der Waals surface area contributed by atoms with Gasteiger partial charge in [0.05, 0.1) is 0 Å². The summed E-state index contributed by atoms with van der Waals surface area (Å²) in [6, 6.07) is 0. The Morgan fingerprint density at radius 3 is 1.41 bits per heavy atom. The highest BCUT2D eigenvalue weighted by Gasteiger charge is 2.51. The first-order valence-corrected chi connectivity index (χ1v) is 7.48. The van der Waals surface area contributed by atoms with Crippen LogP contribution in [-0.2, 0) is 18.4 Å². The van der Waals surface area contributed by atoms with Crippen LogP contribution in [0.1, 0.15) is 27.7 Å². The Morgan fingerprint density at radius 2 is 1.24 bits per heavy atom. The van der Waals surface area contributed by atoms with E-state index in [4.69, 9.17) is 8.85 Å². The van der Waals surface area contributed by atoms with E-state index in [0.717, 1.165) is 12.2 Å². The highest BCUT2D eigenvalue weighted by molar-refractivity contribution is 6.73. The van der Waals surface area contributed by atoms with Crippen molar-refractivity contribution in [1.82, 2.24) is 0 Å². The molecule has 0 aromatic heterocycles. The van der Waals surface area contributed by atoms with E-state index >= 15 is 0 Å². The number of rotatable bonds is 6. The van der Waals surface area contributed by atoms with Gasteiger partial charge in [-0.1, -0.05) is 40.9 Å². The molecule has 0 aliphatic heterocycles. The predicted molar refractivity (Wildman–Crippen MR) is 68.5 cm³/mol. The van der Waals surface area contributed by atoms with E-state index in [0.29, 0.717) is 0 Å². The minimum atomic E-state index is -2.96. The lowest BCUT2D eigenvalue weighted by molar-refractivity contribution is -0.136. The van der Waals surface area contributed by atoms with Crippen molar-refractivity contribution in [3.8, 4) is 0 Å². The van der Waals surface area contributed by atoms with Crippen LogP contribution in [0, 0.1) is 0 Å². The second-order valence-corrected chi connectivity index (χ2v) is 8.44. The average molecular weight is 256 g/mol. The van der Waals surface area contributed by atoms with Crippen LogP contribution in [0.4, 0.5) is 0 Å². The molecule has 0 amide bonds. The molecule has 96 valence electrons. The summed E-state index contributed by atoms with van der Waals surface area (Å²) >= 11 is 0. The third-order valence-corrected chi connectivity index (χ3v) is 6.72. The molecule has 0 unspecified atom stereocenters. The molecule has 0 aromatic rings. The molecule has 0 aliphatic carbocycles. The summed E-state index contributed by atoms with van der Waals surface area (Å²) in [5, 5.41) is 0. The van der Waals surface area contributed by atoms with Gasteiger partial charge in [0.1, 0.15) is 0 Å². The first-order valence-electron chi connectivity index (χ1n) is 5.51. The minimum Gasteiger partial charge on any atom is -0.481 e. The molecule has 0 spiro atoms. The van der Waals surface area contributed by atoms with Gasteiger partial charge in [-0.15, -0.1) is 0 Å². The van der Waals surface area contributed by atoms with E-state index in [1.165, 1.54) is 0 Å². The minimum absolute atomic E-state index is 0.0460. The molecule has 0 rings (SSSR count). The number of carbonyl (C=O) groups excluding carboxylic acids is 2. The lowest BCUT2D eigenvalue weighted by Gasteiger charge is -2.35. The van der Waals surface area contributed by atoms with Gasteiger partial charge >= 0.3 is 20.5 Å². The van der Waals surface area contributed by atoms with Gasteiger partial charge in [-0.2, -0.15) is 0 Å². The molecule has 0 aromatic carbocycles. The van der Waals surface area contributed by atoms with Crippen LogP contribution in [0.15, 0.2) is 25.3 Å². The van der Waals surface area contributed by atoms with Gasteiger partial charge in [-0.3, -0.25) is 0 Å². The molecular weight excluding hydrogens is 236 g/mol. The molecule has 0 bridgehead atoms. The van der Waals surface area contributed by atoms with Crippen molar-refractivity contribution in [2.45, 2.75) is 38.8 Å². The second-order valence-electron chi connectivity index (χ2n) is 4.28. The number of carbonyl (C=O) groups is 2. The van der Waals surface area contributed by atoms with Gasteiger partial charge in [-0.05, 0) is 0 Å². The van der Waals surface area contributed by atoms with Crippen LogP contribution in [0.2, 0.25) is 11.1 Å². The first-order chi connectivity index (χ1) is 7.80. The van der Waals surface area contributed by atoms with Crippen LogP contribution >= 0.6 is 0 Å². The fourth-order valence-electron chi connectivity index (χ4n) is 1.56. The maximum Gasteiger partial charge on any atom is 0.470 e. The molecule has 0 saturated carbocycles. The van der Waals surface area contributed by atoms with Crippen LogP contribution < -0.4 is 0 Å². The van der Waals surface area contributed by atoms with E-state index in [1.54, 1.807) is 0 Å². The Morgan fingerprint density at radius 1 is 0.941 bits per heavy atom. The van der Waals surface area contributed by atoms with Crippen LogP contribution in [0.25, 0.3) is 0 Å². The Labute approximate surface area is 104 Å². The third-order valence-electron chi connectivity index (χ3n) is 2.46. The van der Waals surface area contributed by atoms with Crippen molar-refractivity contribution in [3.05, 3.63) is 25.3 Å². The van der Waals surface area contributed by atoms with Crippen molar-refractivity contribution < 1.29 is 18.4 Å². The maximum atomic E-state index is 11.4. The smallest absolute Gasteiger partial charge is 0.470 e. The van der Waals surface area contributed by atoms with E-state index in [-0.39, 0.29) is 11.1 Å². The topological polar surface area (TPSA) is 52.6 Å². The Hall–Kier alpha value is -1.36. The zero-order valence-corrected chi connectivity index (χ0v) is 11.9. The van der Waals surface area contributed by atoms with Gasteiger partial charge < -0.3 is 8.85 Å². The Balaban J connectivity index is 5.26. The predicted octanol–water partition coefficient (Wildman–Crippen LogP) is 2.71. The normalized spacial score (nSPS) is 11.2. The van der Waals surface area contributed by atoms with Gasteiger partial charge in [0.15, 0.2) is 0 Å². The van der Waals surface area contributed by atoms with Crippen LogP contribution in [0.5, 0.6) is 0 Å². The molecule has 4 nitrogen and oxygen atoms in total. The summed E-state index contributed by atoms with van der Waals surface area (Å²) in [6.45, 7) is 14.2. The second kappa shape index (κ2) is 6.39. The maximum absolute atomic E-state index is 11.4. The summed E-state index contributed by atoms with van der Waals surface area (Å²) in [4.78, 5) is 22.8. The van der Waals surface area contributed by atoms with Crippen molar-refractivity contribution in [2.24, 2.45) is 0 Å². The standard InChI is InChI=1S/C12H20O4Si/c1-7-11(13)15-17(9(3)4,10(5)6)16-12(14)8-2/h7-10H,1-2H2,3-6H3. The molecular formula is C12H20O4Si. The van der Waals surface area contributed by atoms with Crippen molar-refractivity contribution in [1.29, 1.82) is 0 Å². The van der Waals surface area contributed by atoms with Crippen molar-refractivity contribution in [2.75, 3.05) is 0 Å². The Kier molecular flexibility index (Phi) is 5.88. The molecule has 0 N–H and O–H groups in total. The summed E-state index contributed by atoms with van der Waals surface area (Å²) in [6.07, 6.45) is 2.16. The zero-order chi connectivity index (χ0) is 13.6. The van der Waals surface area contributed by atoms with Gasteiger partial charge in [0.25, 0.3) is 0 Å². The molecule has 0 saturated heterocycles. The molecule has 0 atom stereocenters. The first kappa shape index (κ1) is 15.6. The lowest BCUT2D eigenvalue weighted by Crippen LogP contribution is -2.50. The summed E-state index contributed by atoms with van der Waals surface area (Å²) < 4.78 is 10.7. The van der Waals surface area contributed by atoms with E-state index < -0.39 is 20.5 Å². The Bertz CT molecular complexity index is 288. The SMILES string of the molecule is C=CC(=O)O[Si](OC(=O)C=C)(C(C)C)C(C)C. The van der Waals surface area contributed by atoms with Crippen LogP contribution in [-0.4, -0.2) is 20.5 Å². The fraction of sp³-hybridized carbons (Fsp3) is 0.500. The monoisotopic (exact) mass is 256 g/mol. The molecule has 17 heavy (non-hydrogen) atoms. The number of hydrogen-bond donors (Lipinski definition) is 0. The fourth-order valence-corrected chi connectivity index (χ4v) is 4.67. The molecule has 0 heterocycles. The van der Waals surface area contributed by atoms with Gasteiger partial charge in [0.2, 0.25) is 0 Å². The molecule has 0 radical (unpaired) electrons. The van der Waals surface area contributed by atoms with Gasteiger partial charge in [0, 0.05) is 23.2 Å². The van der Waals surface area contributed by atoms with Gasteiger partial charge in [-0.25, -0.2) is 9.59 Å². The largest absolute Gasteiger partial charge is 0.481 e. The van der Waals surface area contributed by atoms with E-state index in [2.05, 4.69) is 13.2 Å². The summed E-state index contributed by atoms with van der Waals surface area (Å²) in [7, 11) is -2.96. The molecule has 0 fully saturated rings. The van der Waals surface area contributed by atoms with Crippen LogP contribution in [0.3, 0.4) is 0 Å². The highest BCUT2D eigenvalue weighted by atomic mass is 28.4. The van der Waals surface area contributed by atoms with E-state index in [1.807, 2.05) is 27.7 Å². The zero-order valence-electron chi connectivity index (χ0n) is 10.9. The highest BCUT2D eigenvalue weighted by Crippen LogP contribution is 2.34.